The number of ether oxygens (including phenoxy) is 1. The van der Waals surface area contributed by atoms with Crippen molar-refractivity contribution in [3.05, 3.63) is 22.7 Å². The fourth-order valence-electron chi connectivity index (χ4n) is 3.42. The average Bonchev–Trinajstić information content (AvgIpc) is 3.48. The fraction of sp³-hybridized carbons (Fsp3) is 0.632. The molecule has 1 aliphatic heterocycles. The molecule has 2 aliphatic rings. The number of hydrogen-bond acceptors (Lipinski definition) is 5. The van der Waals surface area contributed by atoms with Gasteiger partial charge in [-0.25, -0.2) is 8.42 Å². The van der Waals surface area contributed by atoms with Gasteiger partial charge in [0.2, 0.25) is 15.9 Å². The average molecular weight is 475 g/mol. The highest BCUT2D eigenvalue weighted by Gasteiger charge is 2.39. The van der Waals surface area contributed by atoms with E-state index in [1.165, 1.54) is 10.4 Å². The number of aliphatic hydroxyl groups is 1. The van der Waals surface area contributed by atoms with Crippen LogP contribution in [-0.4, -0.2) is 67.5 Å². The molecule has 3 atom stereocenters. The molecule has 0 spiro atoms. The maximum Gasteiger partial charge on any atom is 0.247 e. The van der Waals surface area contributed by atoms with E-state index < -0.39 is 16.1 Å². The smallest absolute Gasteiger partial charge is 0.247 e. The summed E-state index contributed by atoms with van der Waals surface area (Å²) < 4.78 is 34.6. The van der Waals surface area contributed by atoms with Gasteiger partial charge >= 0.3 is 0 Å². The van der Waals surface area contributed by atoms with Crippen LogP contribution in [0.15, 0.2) is 27.6 Å². The quantitative estimate of drug-likeness (QED) is 0.705. The molecule has 1 aromatic carbocycles. The first-order valence-electron chi connectivity index (χ1n) is 9.49. The molecule has 1 heterocycles. The van der Waals surface area contributed by atoms with Crippen molar-refractivity contribution < 1.29 is 23.1 Å². The lowest BCUT2D eigenvalue weighted by Gasteiger charge is -2.37. The van der Waals surface area contributed by atoms with Crippen LogP contribution in [0.4, 0.5) is 0 Å². The van der Waals surface area contributed by atoms with Crippen molar-refractivity contribution in [3.8, 4) is 5.75 Å². The van der Waals surface area contributed by atoms with Gasteiger partial charge in [-0.3, -0.25) is 4.79 Å². The van der Waals surface area contributed by atoms with Crippen molar-refractivity contribution in [1.29, 1.82) is 0 Å². The predicted octanol–water partition coefficient (Wildman–Crippen LogP) is 2.09. The fourth-order valence-corrected chi connectivity index (χ4v) is 5.59. The number of nitrogens with zero attached hydrogens (tertiary/aromatic N) is 2. The van der Waals surface area contributed by atoms with Crippen molar-refractivity contribution >= 4 is 31.9 Å². The molecule has 7 nitrogen and oxygen atoms in total. The third-order valence-corrected chi connectivity index (χ3v) is 7.90. The number of sulfonamides is 1. The number of amides is 1. The number of rotatable bonds is 5. The monoisotopic (exact) mass is 474 g/mol. The second kappa shape index (κ2) is 8.30. The summed E-state index contributed by atoms with van der Waals surface area (Å²) in [5, 5.41) is 9.61. The number of aliphatic hydroxyl groups excluding tert-OH is 1. The number of hydrogen-bond donors (Lipinski definition) is 1. The molecule has 1 amide bonds. The molecule has 1 N–H and O–H groups in total. The number of fused-ring (bicyclic) bond motifs is 1. The van der Waals surface area contributed by atoms with Crippen LogP contribution in [0, 0.1) is 11.8 Å². The Kier molecular flexibility index (Phi) is 6.38. The molecule has 0 bridgehead atoms. The van der Waals surface area contributed by atoms with Gasteiger partial charge < -0.3 is 14.7 Å². The molecule has 3 rings (SSSR count). The number of carbonyl (C=O) groups is 1. The Morgan fingerprint density at radius 2 is 2.11 bits per heavy atom. The van der Waals surface area contributed by atoms with Crippen molar-refractivity contribution in [2.45, 2.75) is 43.7 Å². The standard InChI is InChI=1S/C19H27BrN2O5S/c1-12-9-22(13(2)11-23)28(25,26)18-7-6-15(20)8-16(18)27-17(12)10-21(3)19(24)14-4-5-14/h6-8,12-14,17,23H,4-5,9-11H2,1-3H3/t12-,13+,17-/m0/s1. The van der Waals surface area contributed by atoms with Crippen LogP contribution in [-0.2, 0) is 14.8 Å². The van der Waals surface area contributed by atoms with Crippen molar-refractivity contribution in [3.63, 3.8) is 0 Å². The first kappa shape index (κ1) is 21.5. The van der Waals surface area contributed by atoms with Gasteiger partial charge in [-0.2, -0.15) is 4.31 Å². The molecule has 1 fully saturated rings. The predicted molar refractivity (Wildman–Crippen MR) is 109 cm³/mol. The van der Waals surface area contributed by atoms with Crippen LogP contribution in [0.25, 0.3) is 0 Å². The Bertz CT molecular complexity index is 843. The normalized spacial score (nSPS) is 25.8. The Labute approximate surface area is 174 Å². The van der Waals surface area contributed by atoms with E-state index >= 15 is 0 Å². The summed E-state index contributed by atoms with van der Waals surface area (Å²) in [5.41, 5.74) is 0. The molecular weight excluding hydrogens is 448 g/mol. The summed E-state index contributed by atoms with van der Waals surface area (Å²) in [5.74, 6) is 0.306. The molecule has 1 aromatic rings. The van der Waals surface area contributed by atoms with Gasteiger partial charge in [0.05, 0.1) is 13.2 Å². The minimum Gasteiger partial charge on any atom is -0.487 e. The molecular formula is C19H27BrN2O5S. The van der Waals surface area contributed by atoms with Crippen molar-refractivity contribution in [2.75, 3.05) is 26.7 Å². The lowest BCUT2D eigenvalue weighted by molar-refractivity contribution is -0.132. The molecule has 0 unspecified atom stereocenters. The maximum absolute atomic E-state index is 13.2. The molecule has 1 saturated carbocycles. The highest BCUT2D eigenvalue weighted by Crippen LogP contribution is 2.36. The highest BCUT2D eigenvalue weighted by atomic mass is 79.9. The third kappa shape index (κ3) is 4.37. The summed E-state index contributed by atoms with van der Waals surface area (Å²) in [6.45, 7) is 3.90. The number of carbonyl (C=O) groups excluding carboxylic acids is 1. The molecule has 0 aromatic heterocycles. The molecule has 28 heavy (non-hydrogen) atoms. The zero-order valence-electron chi connectivity index (χ0n) is 16.3. The third-order valence-electron chi connectivity index (χ3n) is 5.39. The molecule has 1 aliphatic carbocycles. The van der Waals surface area contributed by atoms with E-state index in [-0.39, 0.29) is 47.6 Å². The summed E-state index contributed by atoms with van der Waals surface area (Å²) in [6.07, 6.45) is 1.49. The lowest BCUT2D eigenvalue weighted by Crippen LogP contribution is -2.50. The van der Waals surface area contributed by atoms with Crippen molar-refractivity contribution in [2.24, 2.45) is 11.8 Å². The molecule has 156 valence electrons. The minimum absolute atomic E-state index is 0.0732. The summed E-state index contributed by atoms with van der Waals surface area (Å²) in [7, 11) is -2.06. The van der Waals surface area contributed by atoms with Gasteiger partial charge in [0.15, 0.2) is 0 Å². The van der Waals surface area contributed by atoms with E-state index in [1.807, 2.05) is 6.92 Å². The zero-order valence-corrected chi connectivity index (χ0v) is 18.7. The second-order valence-electron chi connectivity index (χ2n) is 7.82. The van der Waals surface area contributed by atoms with Crippen LogP contribution in [0.3, 0.4) is 0 Å². The summed E-state index contributed by atoms with van der Waals surface area (Å²) in [4.78, 5) is 14.1. The minimum atomic E-state index is -3.83. The first-order chi connectivity index (χ1) is 13.1. The van der Waals surface area contributed by atoms with Gasteiger partial charge in [0.1, 0.15) is 16.7 Å². The molecule has 9 heteroatoms. The van der Waals surface area contributed by atoms with Crippen LogP contribution < -0.4 is 4.74 Å². The molecule has 0 saturated heterocycles. The van der Waals surface area contributed by atoms with E-state index in [1.54, 1.807) is 31.0 Å². The number of halogens is 1. The van der Waals surface area contributed by atoms with Crippen LogP contribution in [0.5, 0.6) is 5.75 Å². The van der Waals surface area contributed by atoms with E-state index in [4.69, 9.17) is 4.74 Å². The highest BCUT2D eigenvalue weighted by molar-refractivity contribution is 9.10. The Hall–Kier alpha value is -1.16. The Morgan fingerprint density at radius 3 is 2.71 bits per heavy atom. The SMILES string of the molecule is C[C@H](CO)N1C[C@H](C)[C@H](CN(C)C(=O)C2CC2)Oc2cc(Br)ccc2S1(=O)=O. The topological polar surface area (TPSA) is 87.2 Å². The van der Waals surface area contributed by atoms with Gasteiger partial charge in [-0.05, 0) is 38.0 Å². The Balaban J connectivity index is 1.97. The Morgan fingerprint density at radius 1 is 1.43 bits per heavy atom. The van der Waals surface area contributed by atoms with E-state index in [2.05, 4.69) is 15.9 Å². The second-order valence-corrected chi connectivity index (χ2v) is 10.6. The van der Waals surface area contributed by atoms with Gasteiger partial charge in [0.25, 0.3) is 0 Å². The van der Waals surface area contributed by atoms with E-state index in [0.29, 0.717) is 11.0 Å². The largest absolute Gasteiger partial charge is 0.487 e. The van der Waals surface area contributed by atoms with Crippen LogP contribution >= 0.6 is 15.9 Å². The first-order valence-corrected chi connectivity index (χ1v) is 11.7. The van der Waals surface area contributed by atoms with Gasteiger partial charge in [-0.15, -0.1) is 0 Å². The number of likely N-dealkylation sites (N-methyl/N-ethyl adjacent to an activating group) is 1. The van der Waals surface area contributed by atoms with Gasteiger partial charge in [0, 0.05) is 35.9 Å². The summed E-state index contributed by atoms with van der Waals surface area (Å²) >= 11 is 3.37. The maximum atomic E-state index is 13.2. The van der Waals surface area contributed by atoms with Gasteiger partial charge in [-0.1, -0.05) is 22.9 Å². The van der Waals surface area contributed by atoms with Crippen molar-refractivity contribution in [1.82, 2.24) is 9.21 Å². The lowest BCUT2D eigenvalue weighted by atomic mass is 10.0. The molecule has 0 radical (unpaired) electrons. The summed E-state index contributed by atoms with van der Waals surface area (Å²) in [6, 6.07) is 4.25. The van der Waals surface area contributed by atoms with E-state index in [0.717, 1.165) is 12.8 Å². The van der Waals surface area contributed by atoms with E-state index in [9.17, 15) is 18.3 Å². The number of benzene rings is 1. The zero-order chi connectivity index (χ0) is 20.6. The van der Waals surface area contributed by atoms with Crippen LogP contribution in [0.2, 0.25) is 0 Å². The van der Waals surface area contributed by atoms with Crippen LogP contribution in [0.1, 0.15) is 26.7 Å².